The lowest BCUT2D eigenvalue weighted by Crippen LogP contribution is -2.30. The Labute approximate surface area is 184 Å². The standard InChI is InChI=1S/C27H28N2O2/c1-4-19-9-13-22(14-10-19)28-25-18-26(21-7-6-8-24(17-21)31-3)29(27(25)30)23-15-11-20(5-2)12-16-23/h6-18,26,28H,4-5H2,1-3H3/t26-/m1/s1. The first kappa shape index (κ1) is 20.7. The minimum atomic E-state index is -0.215. The number of rotatable bonds is 7. The van der Waals surface area contributed by atoms with Gasteiger partial charge in [0.25, 0.3) is 5.91 Å². The normalized spacial score (nSPS) is 15.7. The van der Waals surface area contributed by atoms with Crippen LogP contribution in [0.4, 0.5) is 11.4 Å². The lowest BCUT2D eigenvalue weighted by molar-refractivity contribution is -0.114. The molecule has 1 atom stereocenters. The number of amides is 1. The van der Waals surface area contributed by atoms with Gasteiger partial charge < -0.3 is 10.1 Å². The van der Waals surface area contributed by atoms with E-state index in [9.17, 15) is 4.79 Å². The predicted octanol–water partition coefficient (Wildman–Crippen LogP) is 5.90. The summed E-state index contributed by atoms with van der Waals surface area (Å²) < 4.78 is 5.42. The molecule has 0 radical (unpaired) electrons. The molecular formula is C27H28N2O2. The number of carbonyl (C=O) groups excluding carboxylic acids is 1. The summed E-state index contributed by atoms with van der Waals surface area (Å²) in [6.07, 6.45) is 3.95. The molecule has 0 saturated carbocycles. The van der Waals surface area contributed by atoms with Crippen molar-refractivity contribution in [3.63, 3.8) is 0 Å². The smallest absolute Gasteiger partial charge is 0.275 e. The summed E-state index contributed by atoms with van der Waals surface area (Å²) in [6.45, 7) is 4.26. The van der Waals surface area contributed by atoms with Crippen LogP contribution in [0, 0.1) is 0 Å². The Bertz CT molecular complexity index is 1080. The lowest BCUT2D eigenvalue weighted by Gasteiger charge is -2.25. The Kier molecular flexibility index (Phi) is 6.08. The second kappa shape index (κ2) is 9.09. The van der Waals surface area contributed by atoms with Crippen LogP contribution in [0.3, 0.4) is 0 Å². The van der Waals surface area contributed by atoms with Crippen molar-refractivity contribution in [1.82, 2.24) is 0 Å². The minimum absolute atomic E-state index is 0.0448. The maximum absolute atomic E-state index is 13.5. The van der Waals surface area contributed by atoms with Crippen molar-refractivity contribution in [1.29, 1.82) is 0 Å². The Hall–Kier alpha value is -3.53. The van der Waals surface area contributed by atoms with Gasteiger partial charge in [0, 0.05) is 11.4 Å². The van der Waals surface area contributed by atoms with Gasteiger partial charge in [-0.15, -0.1) is 0 Å². The van der Waals surface area contributed by atoms with E-state index in [4.69, 9.17) is 4.74 Å². The van der Waals surface area contributed by atoms with Crippen molar-refractivity contribution in [2.45, 2.75) is 32.7 Å². The van der Waals surface area contributed by atoms with Gasteiger partial charge in [0.1, 0.15) is 11.4 Å². The summed E-state index contributed by atoms with van der Waals surface area (Å²) in [7, 11) is 1.66. The number of aryl methyl sites for hydroxylation is 2. The first-order chi connectivity index (χ1) is 15.1. The molecule has 0 spiro atoms. The number of methoxy groups -OCH3 is 1. The Balaban J connectivity index is 1.70. The molecule has 1 aliphatic rings. The Morgan fingerprint density at radius 3 is 2.16 bits per heavy atom. The molecule has 1 aliphatic heterocycles. The monoisotopic (exact) mass is 412 g/mol. The van der Waals surface area contributed by atoms with Gasteiger partial charge >= 0.3 is 0 Å². The van der Waals surface area contributed by atoms with Crippen LogP contribution in [0.25, 0.3) is 0 Å². The number of nitrogens with zero attached hydrogens (tertiary/aromatic N) is 1. The molecule has 158 valence electrons. The fourth-order valence-electron chi connectivity index (χ4n) is 3.88. The first-order valence-electron chi connectivity index (χ1n) is 10.8. The highest BCUT2D eigenvalue weighted by Crippen LogP contribution is 2.37. The number of hydrogen-bond acceptors (Lipinski definition) is 3. The fraction of sp³-hybridized carbons (Fsp3) is 0.222. The molecule has 0 aromatic heterocycles. The number of hydrogen-bond donors (Lipinski definition) is 1. The molecule has 3 aromatic carbocycles. The molecule has 4 rings (SSSR count). The topological polar surface area (TPSA) is 41.6 Å². The molecule has 1 heterocycles. The second-order valence-corrected chi connectivity index (χ2v) is 7.67. The molecule has 1 amide bonds. The van der Waals surface area contributed by atoms with Gasteiger partial charge in [-0.3, -0.25) is 9.69 Å². The van der Waals surface area contributed by atoms with Gasteiger partial charge in [-0.05, 0) is 72.0 Å². The summed E-state index contributed by atoms with van der Waals surface area (Å²) in [5.74, 6) is 0.729. The molecule has 1 N–H and O–H groups in total. The molecule has 0 fully saturated rings. The van der Waals surface area contributed by atoms with Crippen molar-refractivity contribution in [2.24, 2.45) is 0 Å². The molecule has 0 bridgehead atoms. The number of ether oxygens (including phenoxy) is 1. The molecule has 3 aromatic rings. The maximum Gasteiger partial charge on any atom is 0.275 e. The minimum Gasteiger partial charge on any atom is -0.497 e. The molecule has 4 heteroatoms. The zero-order chi connectivity index (χ0) is 21.8. The van der Waals surface area contributed by atoms with E-state index in [0.29, 0.717) is 5.70 Å². The van der Waals surface area contributed by atoms with Crippen molar-refractivity contribution < 1.29 is 9.53 Å². The van der Waals surface area contributed by atoms with E-state index in [1.165, 1.54) is 11.1 Å². The van der Waals surface area contributed by atoms with Gasteiger partial charge in [0.2, 0.25) is 0 Å². The molecule has 0 unspecified atom stereocenters. The molecule has 0 saturated heterocycles. The van der Waals surface area contributed by atoms with Crippen molar-refractivity contribution >= 4 is 17.3 Å². The molecular weight excluding hydrogens is 384 g/mol. The third-order valence-corrected chi connectivity index (χ3v) is 5.75. The zero-order valence-corrected chi connectivity index (χ0v) is 18.3. The van der Waals surface area contributed by atoms with Crippen LogP contribution in [0.2, 0.25) is 0 Å². The van der Waals surface area contributed by atoms with E-state index in [0.717, 1.165) is 35.5 Å². The van der Waals surface area contributed by atoms with E-state index in [1.54, 1.807) is 7.11 Å². The van der Waals surface area contributed by atoms with Crippen LogP contribution in [0.5, 0.6) is 5.75 Å². The molecule has 31 heavy (non-hydrogen) atoms. The first-order valence-corrected chi connectivity index (χ1v) is 10.8. The third kappa shape index (κ3) is 4.33. The number of nitrogens with one attached hydrogen (secondary N) is 1. The fourth-order valence-corrected chi connectivity index (χ4v) is 3.88. The van der Waals surface area contributed by atoms with Crippen LogP contribution >= 0.6 is 0 Å². The average Bonchev–Trinajstić information content (AvgIpc) is 3.15. The molecule has 0 aliphatic carbocycles. The third-order valence-electron chi connectivity index (χ3n) is 5.75. The number of carbonyl (C=O) groups is 1. The summed E-state index contributed by atoms with van der Waals surface area (Å²) in [4.78, 5) is 15.3. The van der Waals surface area contributed by atoms with E-state index in [-0.39, 0.29) is 11.9 Å². The quantitative estimate of drug-likeness (QED) is 0.525. The summed E-state index contributed by atoms with van der Waals surface area (Å²) in [5, 5.41) is 3.33. The largest absolute Gasteiger partial charge is 0.497 e. The SMILES string of the molecule is CCc1ccc(NC2=C[C@H](c3cccc(OC)c3)N(c3ccc(CC)cc3)C2=O)cc1. The van der Waals surface area contributed by atoms with E-state index >= 15 is 0 Å². The highest BCUT2D eigenvalue weighted by Gasteiger charge is 2.35. The zero-order valence-electron chi connectivity index (χ0n) is 18.3. The summed E-state index contributed by atoms with van der Waals surface area (Å²) >= 11 is 0. The maximum atomic E-state index is 13.5. The second-order valence-electron chi connectivity index (χ2n) is 7.67. The lowest BCUT2D eigenvalue weighted by atomic mass is 10.1. The predicted molar refractivity (Wildman–Crippen MR) is 127 cm³/mol. The van der Waals surface area contributed by atoms with Crippen LogP contribution in [0.1, 0.15) is 36.6 Å². The van der Waals surface area contributed by atoms with Gasteiger partial charge in [-0.2, -0.15) is 0 Å². The van der Waals surface area contributed by atoms with Crippen molar-refractivity contribution in [2.75, 3.05) is 17.3 Å². The summed E-state index contributed by atoms with van der Waals surface area (Å²) in [5.41, 5.74) is 5.88. The highest BCUT2D eigenvalue weighted by molar-refractivity contribution is 6.11. The van der Waals surface area contributed by atoms with Crippen LogP contribution in [-0.4, -0.2) is 13.0 Å². The number of benzene rings is 3. The Morgan fingerprint density at radius 2 is 1.55 bits per heavy atom. The van der Waals surface area contributed by atoms with E-state index in [2.05, 4.69) is 43.4 Å². The Morgan fingerprint density at radius 1 is 0.903 bits per heavy atom. The van der Waals surface area contributed by atoms with Gasteiger partial charge in [-0.1, -0.05) is 50.2 Å². The average molecular weight is 413 g/mol. The van der Waals surface area contributed by atoms with Crippen molar-refractivity contribution in [3.8, 4) is 5.75 Å². The van der Waals surface area contributed by atoms with E-state index in [1.807, 2.05) is 59.5 Å². The van der Waals surface area contributed by atoms with Crippen LogP contribution in [-0.2, 0) is 17.6 Å². The highest BCUT2D eigenvalue weighted by atomic mass is 16.5. The van der Waals surface area contributed by atoms with E-state index < -0.39 is 0 Å². The summed E-state index contributed by atoms with van der Waals surface area (Å²) in [6, 6.07) is 24.1. The van der Waals surface area contributed by atoms with Crippen LogP contribution in [0.15, 0.2) is 84.6 Å². The van der Waals surface area contributed by atoms with Gasteiger partial charge in [0.15, 0.2) is 0 Å². The number of anilines is 2. The van der Waals surface area contributed by atoms with Crippen LogP contribution < -0.4 is 15.0 Å². The molecule has 4 nitrogen and oxygen atoms in total. The van der Waals surface area contributed by atoms with Gasteiger partial charge in [-0.25, -0.2) is 0 Å². The van der Waals surface area contributed by atoms with Gasteiger partial charge in [0.05, 0.1) is 13.2 Å². The van der Waals surface area contributed by atoms with Crippen molar-refractivity contribution in [3.05, 3.63) is 101 Å².